The Bertz CT molecular complexity index is 397. The molecule has 1 aromatic rings. The standard InChI is InChI=1S/C12H20N2O4/c1-6-8(16-5)9-13-10(18-14-9)12(3,4)11(15)17-7-2/h8H,6-7H2,1-5H3. The van der Waals surface area contributed by atoms with Gasteiger partial charge in [-0.25, -0.2) is 0 Å². The number of aromatic nitrogens is 2. The van der Waals surface area contributed by atoms with Gasteiger partial charge in [0.2, 0.25) is 11.7 Å². The van der Waals surface area contributed by atoms with Gasteiger partial charge in [0, 0.05) is 7.11 Å². The number of carbonyl (C=O) groups is 1. The highest BCUT2D eigenvalue weighted by Crippen LogP contribution is 2.25. The largest absolute Gasteiger partial charge is 0.465 e. The second-order valence-corrected chi connectivity index (χ2v) is 4.44. The SMILES string of the molecule is CCOC(=O)C(C)(C)c1nc(C(CC)OC)no1. The molecule has 0 bridgehead atoms. The first-order chi connectivity index (χ1) is 8.47. The number of hydrogen-bond acceptors (Lipinski definition) is 6. The first-order valence-corrected chi connectivity index (χ1v) is 6.01. The molecule has 0 aliphatic rings. The van der Waals surface area contributed by atoms with Gasteiger partial charge in [0.15, 0.2) is 0 Å². The van der Waals surface area contributed by atoms with Gasteiger partial charge in [0.1, 0.15) is 11.5 Å². The van der Waals surface area contributed by atoms with Gasteiger partial charge in [-0.15, -0.1) is 0 Å². The number of esters is 1. The second-order valence-electron chi connectivity index (χ2n) is 4.44. The van der Waals surface area contributed by atoms with Crippen molar-refractivity contribution in [2.45, 2.75) is 45.6 Å². The van der Waals surface area contributed by atoms with Crippen molar-refractivity contribution in [3.8, 4) is 0 Å². The summed E-state index contributed by atoms with van der Waals surface area (Å²) in [5.74, 6) is 0.310. The Morgan fingerprint density at radius 3 is 2.61 bits per heavy atom. The van der Waals surface area contributed by atoms with E-state index in [1.807, 2.05) is 6.92 Å². The Hall–Kier alpha value is -1.43. The van der Waals surface area contributed by atoms with Crippen LogP contribution in [0, 0.1) is 0 Å². The molecule has 1 aromatic heterocycles. The van der Waals surface area contributed by atoms with Crippen molar-refractivity contribution in [1.82, 2.24) is 10.1 Å². The molecule has 1 rings (SSSR count). The third-order valence-corrected chi connectivity index (χ3v) is 2.71. The molecule has 6 heteroatoms. The zero-order valence-corrected chi connectivity index (χ0v) is 11.5. The molecule has 0 aromatic carbocycles. The van der Waals surface area contributed by atoms with Crippen LogP contribution < -0.4 is 0 Å². The summed E-state index contributed by atoms with van der Waals surface area (Å²) in [6, 6.07) is 0. The van der Waals surface area contributed by atoms with E-state index in [0.717, 1.165) is 6.42 Å². The Balaban J connectivity index is 2.93. The van der Waals surface area contributed by atoms with Crippen LogP contribution in [0.15, 0.2) is 4.52 Å². The monoisotopic (exact) mass is 256 g/mol. The van der Waals surface area contributed by atoms with Crippen molar-refractivity contribution >= 4 is 5.97 Å². The molecule has 102 valence electrons. The van der Waals surface area contributed by atoms with Crippen LogP contribution in [0.5, 0.6) is 0 Å². The lowest BCUT2D eigenvalue weighted by Gasteiger charge is -2.17. The normalized spacial score (nSPS) is 13.4. The maximum absolute atomic E-state index is 11.8. The van der Waals surface area contributed by atoms with Gasteiger partial charge in [-0.3, -0.25) is 4.79 Å². The van der Waals surface area contributed by atoms with Crippen molar-refractivity contribution in [1.29, 1.82) is 0 Å². The molecule has 18 heavy (non-hydrogen) atoms. The van der Waals surface area contributed by atoms with Crippen LogP contribution in [0.25, 0.3) is 0 Å². The number of ether oxygens (including phenoxy) is 2. The zero-order valence-electron chi connectivity index (χ0n) is 11.5. The van der Waals surface area contributed by atoms with Gasteiger partial charge in [-0.2, -0.15) is 4.98 Å². The number of rotatable bonds is 6. The van der Waals surface area contributed by atoms with E-state index in [4.69, 9.17) is 14.0 Å². The summed E-state index contributed by atoms with van der Waals surface area (Å²) in [5.41, 5.74) is -0.951. The lowest BCUT2D eigenvalue weighted by molar-refractivity contribution is -0.149. The first kappa shape index (κ1) is 14.6. The maximum Gasteiger partial charge on any atom is 0.321 e. The summed E-state index contributed by atoms with van der Waals surface area (Å²) in [4.78, 5) is 16.0. The number of methoxy groups -OCH3 is 1. The highest BCUT2D eigenvalue weighted by molar-refractivity contribution is 5.80. The molecule has 0 saturated heterocycles. The molecule has 0 aliphatic carbocycles. The summed E-state index contributed by atoms with van der Waals surface area (Å²) in [6.07, 6.45) is 0.510. The predicted molar refractivity (Wildman–Crippen MR) is 64.0 cm³/mol. The molecule has 0 fully saturated rings. The Kier molecular flexibility index (Phi) is 4.84. The van der Waals surface area contributed by atoms with Crippen molar-refractivity contribution in [3.05, 3.63) is 11.7 Å². The smallest absolute Gasteiger partial charge is 0.321 e. The predicted octanol–water partition coefficient (Wildman–Crippen LogP) is 2.01. The Labute approximate surface area is 107 Å². The van der Waals surface area contributed by atoms with Gasteiger partial charge in [-0.1, -0.05) is 12.1 Å². The summed E-state index contributed by atoms with van der Waals surface area (Å²) in [6.45, 7) is 7.41. The van der Waals surface area contributed by atoms with E-state index in [1.54, 1.807) is 27.9 Å². The van der Waals surface area contributed by atoms with Crippen LogP contribution in [0.1, 0.15) is 51.9 Å². The van der Waals surface area contributed by atoms with Crippen LogP contribution in [0.2, 0.25) is 0 Å². The Morgan fingerprint density at radius 2 is 2.11 bits per heavy atom. The molecular weight excluding hydrogens is 236 g/mol. The van der Waals surface area contributed by atoms with Crippen molar-refractivity contribution in [3.63, 3.8) is 0 Å². The quantitative estimate of drug-likeness (QED) is 0.725. The van der Waals surface area contributed by atoms with Crippen molar-refractivity contribution in [2.75, 3.05) is 13.7 Å². The van der Waals surface area contributed by atoms with E-state index >= 15 is 0 Å². The molecule has 0 saturated carbocycles. The molecule has 6 nitrogen and oxygen atoms in total. The fourth-order valence-electron chi connectivity index (χ4n) is 1.47. The minimum atomic E-state index is -0.951. The highest BCUT2D eigenvalue weighted by atomic mass is 16.5. The zero-order chi connectivity index (χ0) is 13.8. The minimum Gasteiger partial charge on any atom is -0.465 e. The van der Waals surface area contributed by atoms with E-state index in [9.17, 15) is 4.79 Å². The molecule has 1 heterocycles. The fraction of sp³-hybridized carbons (Fsp3) is 0.750. The third kappa shape index (κ3) is 2.87. The summed E-state index contributed by atoms with van der Waals surface area (Å²) in [5, 5.41) is 3.85. The van der Waals surface area contributed by atoms with Crippen LogP contribution in [-0.2, 0) is 19.7 Å². The van der Waals surface area contributed by atoms with Crippen LogP contribution >= 0.6 is 0 Å². The molecule has 1 atom stereocenters. The van der Waals surface area contributed by atoms with Crippen LogP contribution in [0.3, 0.4) is 0 Å². The van der Waals surface area contributed by atoms with Crippen molar-refractivity contribution in [2.24, 2.45) is 0 Å². The molecule has 1 unspecified atom stereocenters. The van der Waals surface area contributed by atoms with E-state index in [0.29, 0.717) is 12.4 Å². The topological polar surface area (TPSA) is 74.5 Å². The van der Waals surface area contributed by atoms with Gasteiger partial charge >= 0.3 is 5.97 Å². The number of hydrogen-bond donors (Lipinski definition) is 0. The van der Waals surface area contributed by atoms with Crippen molar-refractivity contribution < 1.29 is 18.8 Å². The van der Waals surface area contributed by atoms with E-state index in [1.165, 1.54) is 0 Å². The number of nitrogens with zero attached hydrogens (tertiary/aromatic N) is 2. The number of carbonyl (C=O) groups excluding carboxylic acids is 1. The van der Waals surface area contributed by atoms with Crippen LogP contribution in [-0.4, -0.2) is 29.8 Å². The molecule has 0 radical (unpaired) electrons. The maximum atomic E-state index is 11.8. The van der Waals surface area contributed by atoms with Gasteiger partial charge in [0.25, 0.3) is 0 Å². The van der Waals surface area contributed by atoms with Crippen LogP contribution in [0.4, 0.5) is 0 Å². The average Bonchev–Trinajstić information content (AvgIpc) is 2.81. The Morgan fingerprint density at radius 1 is 1.44 bits per heavy atom. The first-order valence-electron chi connectivity index (χ1n) is 6.01. The lowest BCUT2D eigenvalue weighted by atomic mass is 9.94. The molecule has 0 aliphatic heterocycles. The summed E-state index contributed by atoms with van der Waals surface area (Å²) < 4.78 is 15.3. The molecular formula is C12H20N2O4. The fourth-order valence-corrected chi connectivity index (χ4v) is 1.47. The molecule has 0 spiro atoms. The molecule has 0 N–H and O–H groups in total. The van der Waals surface area contributed by atoms with E-state index in [2.05, 4.69) is 10.1 Å². The summed E-state index contributed by atoms with van der Waals surface area (Å²) in [7, 11) is 1.58. The van der Waals surface area contributed by atoms with Gasteiger partial charge in [-0.05, 0) is 27.2 Å². The lowest BCUT2D eigenvalue weighted by Crippen LogP contribution is -2.31. The van der Waals surface area contributed by atoms with Gasteiger partial charge < -0.3 is 14.0 Å². The molecule has 0 amide bonds. The van der Waals surface area contributed by atoms with Gasteiger partial charge in [0.05, 0.1) is 6.61 Å². The third-order valence-electron chi connectivity index (χ3n) is 2.71. The van der Waals surface area contributed by atoms with E-state index < -0.39 is 5.41 Å². The average molecular weight is 256 g/mol. The highest BCUT2D eigenvalue weighted by Gasteiger charge is 2.38. The summed E-state index contributed by atoms with van der Waals surface area (Å²) >= 11 is 0. The van der Waals surface area contributed by atoms with E-state index in [-0.39, 0.29) is 18.0 Å². The minimum absolute atomic E-state index is 0.222. The second kappa shape index (κ2) is 5.95.